The first-order chi connectivity index (χ1) is 18.0. The van der Waals surface area contributed by atoms with Crippen LogP contribution in [0.3, 0.4) is 0 Å². The highest BCUT2D eigenvalue weighted by Gasteiger charge is 2.31. The molecule has 4 aromatic rings. The van der Waals surface area contributed by atoms with E-state index in [2.05, 4.69) is 24.7 Å². The number of nitrogens with one attached hydrogen (secondary N) is 2. The lowest BCUT2D eigenvalue weighted by Gasteiger charge is -2.24. The van der Waals surface area contributed by atoms with Gasteiger partial charge in [-0.1, -0.05) is 23.4 Å². The number of anilines is 3. The number of rotatable bonds is 7. The second-order valence-electron chi connectivity index (χ2n) is 7.70. The van der Waals surface area contributed by atoms with Gasteiger partial charge in [-0.05, 0) is 47.5 Å². The highest BCUT2D eigenvalue weighted by molar-refractivity contribution is 7.92. The third-order valence-corrected chi connectivity index (χ3v) is 6.64. The van der Waals surface area contributed by atoms with Gasteiger partial charge in [0.25, 0.3) is 10.0 Å². The number of ether oxygens (including phenoxy) is 1. The fourth-order valence-electron chi connectivity index (χ4n) is 3.49. The standard InChI is InChI=1S/C24H20F3N5O5S/c1-28-23(33)32(22-9-7-18(14-29-22)38(34,35)31-21-10-11-37-30-21)19-13-16(6-8-20(19)36-2)15-4-3-5-17(12-15)24(25,26)27/h3-14H,1-2H3,(H,28,33)(H,30,31). The second-order valence-corrected chi connectivity index (χ2v) is 9.38. The summed E-state index contributed by atoms with van der Waals surface area (Å²) in [6.07, 6.45) is -2.30. The lowest BCUT2D eigenvalue weighted by Crippen LogP contribution is -2.35. The van der Waals surface area contributed by atoms with E-state index in [4.69, 9.17) is 4.74 Å². The van der Waals surface area contributed by atoms with E-state index in [0.717, 1.165) is 23.2 Å². The molecule has 0 bridgehead atoms. The number of aromatic nitrogens is 2. The Morgan fingerprint density at radius 2 is 1.82 bits per heavy atom. The van der Waals surface area contributed by atoms with Crippen molar-refractivity contribution in [2.75, 3.05) is 23.8 Å². The number of halogens is 3. The summed E-state index contributed by atoms with van der Waals surface area (Å²) in [4.78, 5) is 18.0. The van der Waals surface area contributed by atoms with E-state index < -0.39 is 27.8 Å². The van der Waals surface area contributed by atoms with Crippen molar-refractivity contribution < 1.29 is 35.6 Å². The zero-order valence-corrected chi connectivity index (χ0v) is 20.7. The lowest BCUT2D eigenvalue weighted by molar-refractivity contribution is -0.137. The number of carbonyl (C=O) groups excluding carboxylic acids is 1. The zero-order chi connectivity index (χ0) is 27.5. The van der Waals surface area contributed by atoms with Crippen LogP contribution in [0.25, 0.3) is 11.1 Å². The number of methoxy groups -OCH3 is 1. The topological polar surface area (TPSA) is 127 Å². The van der Waals surface area contributed by atoms with Crippen LogP contribution in [0, 0.1) is 0 Å². The number of nitrogens with zero attached hydrogens (tertiary/aromatic N) is 3. The van der Waals surface area contributed by atoms with Gasteiger partial charge >= 0.3 is 12.2 Å². The summed E-state index contributed by atoms with van der Waals surface area (Å²) in [5.41, 5.74) is -0.0375. The zero-order valence-electron chi connectivity index (χ0n) is 19.9. The predicted molar refractivity (Wildman–Crippen MR) is 132 cm³/mol. The van der Waals surface area contributed by atoms with E-state index in [0.29, 0.717) is 5.56 Å². The molecular weight excluding hydrogens is 527 g/mol. The Labute approximate surface area is 215 Å². The van der Waals surface area contributed by atoms with Crippen LogP contribution < -0.4 is 19.7 Å². The van der Waals surface area contributed by atoms with Crippen LogP contribution in [-0.2, 0) is 16.2 Å². The number of benzene rings is 2. The first-order valence-electron chi connectivity index (χ1n) is 10.8. The molecule has 2 N–H and O–H groups in total. The Balaban J connectivity index is 1.75. The van der Waals surface area contributed by atoms with Crippen LogP contribution in [0.1, 0.15) is 5.56 Å². The molecule has 0 aliphatic heterocycles. The predicted octanol–water partition coefficient (Wildman–Crippen LogP) is 5.04. The maximum absolute atomic E-state index is 13.3. The molecule has 2 aromatic heterocycles. The summed E-state index contributed by atoms with van der Waals surface area (Å²) in [6, 6.07) is 12.5. The van der Waals surface area contributed by atoms with E-state index in [1.54, 1.807) is 6.07 Å². The molecule has 0 unspecified atom stereocenters. The summed E-state index contributed by atoms with van der Waals surface area (Å²) in [5.74, 6) is 0.206. The average Bonchev–Trinajstić information content (AvgIpc) is 3.41. The second kappa shape index (κ2) is 10.4. The third-order valence-electron chi connectivity index (χ3n) is 5.30. The number of carbonyl (C=O) groups is 1. The average molecular weight is 548 g/mol. The summed E-state index contributed by atoms with van der Waals surface area (Å²) in [7, 11) is -1.32. The molecule has 2 aromatic carbocycles. The van der Waals surface area contributed by atoms with Gasteiger partial charge in [0, 0.05) is 19.3 Å². The van der Waals surface area contributed by atoms with Gasteiger partial charge in [0.05, 0.1) is 18.4 Å². The largest absolute Gasteiger partial charge is 0.495 e. The molecule has 0 radical (unpaired) electrons. The monoisotopic (exact) mass is 547 g/mol. The van der Waals surface area contributed by atoms with Gasteiger partial charge in [-0.15, -0.1) is 0 Å². The Bertz CT molecular complexity index is 1540. The molecule has 2 amide bonds. The van der Waals surface area contributed by atoms with E-state index in [9.17, 15) is 26.4 Å². The summed E-state index contributed by atoms with van der Waals surface area (Å²) >= 11 is 0. The van der Waals surface area contributed by atoms with Crippen molar-refractivity contribution in [3.05, 3.63) is 78.7 Å². The highest BCUT2D eigenvalue weighted by atomic mass is 32.2. The van der Waals surface area contributed by atoms with Crippen molar-refractivity contribution in [2.45, 2.75) is 11.1 Å². The molecule has 198 valence electrons. The summed E-state index contributed by atoms with van der Waals surface area (Å²) in [6.45, 7) is 0. The van der Waals surface area contributed by atoms with Crippen LogP contribution in [0.15, 0.2) is 82.5 Å². The number of hydrogen-bond donors (Lipinski definition) is 2. The SMILES string of the molecule is CNC(=O)N(c1ccc(S(=O)(=O)Nc2ccon2)cn1)c1cc(-c2cccc(C(F)(F)F)c2)ccc1OC. The van der Waals surface area contributed by atoms with Gasteiger partial charge in [0.2, 0.25) is 0 Å². The first-order valence-corrected chi connectivity index (χ1v) is 12.3. The van der Waals surface area contributed by atoms with Crippen molar-refractivity contribution in [1.82, 2.24) is 15.5 Å². The lowest BCUT2D eigenvalue weighted by atomic mass is 10.0. The molecule has 0 aliphatic carbocycles. The minimum Gasteiger partial charge on any atom is -0.495 e. The quantitative estimate of drug-likeness (QED) is 0.332. The van der Waals surface area contributed by atoms with Crippen molar-refractivity contribution in [3.8, 4) is 16.9 Å². The van der Waals surface area contributed by atoms with Crippen molar-refractivity contribution in [1.29, 1.82) is 0 Å². The molecule has 10 nitrogen and oxygen atoms in total. The molecule has 38 heavy (non-hydrogen) atoms. The maximum Gasteiger partial charge on any atom is 0.416 e. The van der Waals surface area contributed by atoms with Gasteiger partial charge in [-0.25, -0.2) is 23.1 Å². The number of hydrogen-bond acceptors (Lipinski definition) is 7. The normalized spacial score (nSPS) is 11.6. The summed E-state index contributed by atoms with van der Waals surface area (Å²) in [5, 5.41) is 5.96. The molecule has 14 heteroatoms. The summed E-state index contributed by atoms with van der Waals surface area (Å²) < 4.78 is 77.2. The van der Waals surface area contributed by atoms with Gasteiger partial charge < -0.3 is 14.6 Å². The minimum absolute atomic E-state index is 0.0178. The Morgan fingerprint density at radius 1 is 1.05 bits per heavy atom. The smallest absolute Gasteiger partial charge is 0.416 e. The van der Waals surface area contributed by atoms with Gasteiger partial charge in [-0.2, -0.15) is 13.2 Å². The Morgan fingerprint density at radius 3 is 2.42 bits per heavy atom. The van der Waals surface area contributed by atoms with Crippen LogP contribution in [0.5, 0.6) is 5.75 Å². The van der Waals surface area contributed by atoms with Crippen molar-refractivity contribution in [2.24, 2.45) is 0 Å². The Kier molecular flexibility index (Phi) is 7.26. The molecule has 0 saturated carbocycles. The first kappa shape index (κ1) is 26.5. The van der Waals surface area contributed by atoms with Gasteiger partial charge in [-0.3, -0.25) is 4.72 Å². The van der Waals surface area contributed by atoms with Crippen LogP contribution in [0.4, 0.5) is 35.3 Å². The molecule has 4 rings (SSSR count). The van der Waals surface area contributed by atoms with E-state index >= 15 is 0 Å². The van der Waals surface area contributed by atoms with Crippen LogP contribution >= 0.6 is 0 Å². The van der Waals surface area contributed by atoms with Gasteiger partial charge in [0.1, 0.15) is 22.7 Å². The third kappa shape index (κ3) is 5.54. The van der Waals surface area contributed by atoms with Gasteiger partial charge in [0.15, 0.2) is 5.82 Å². The van der Waals surface area contributed by atoms with Crippen molar-refractivity contribution in [3.63, 3.8) is 0 Å². The number of pyridine rings is 1. The van der Waals surface area contributed by atoms with E-state index in [-0.39, 0.29) is 33.5 Å². The van der Waals surface area contributed by atoms with Crippen LogP contribution in [0.2, 0.25) is 0 Å². The Hall–Kier alpha value is -4.59. The molecule has 0 saturated heterocycles. The molecule has 0 atom stereocenters. The number of amides is 2. The minimum atomic E-state index is -4.53. The van der Waals surface area contributed by atoms with E-state index in [1.165, 1.54) is 62.9 Å². The van der Waals surface area contributed by atoms with Crippen molar-refractivity contribution >= 4 is 33.4 Å². The molecular formula is C24H20F3N5O5S. The highest BCUT2D eigenvalue weighted by Crippen LogP contribution is 2.38. The molecule has 0 aliphatic rings. The maximum atomic E-state index is 13.3. The fraction of sp³-hybridized carbons (Fsp3) is 0.125. The molecule has 0 spiro atoms. The molecule has 2 heterocycles. The fourth-order valence-corrected chi connectivity index (χ4v) is 4.43. The molecule has 0 fully saturated rings. The number of alkyl halides is 3. The van der Waals surface area contributed by atoms with E-state index in [1.807, 2.05) is 0 Å². The number of sulfonamides is 1. The van der Waals surface area contributed by atoms with Crippen LogP contribution in [-0.4, -0.2) is 38.7 Å². The number of urea groups is 1.